The fraction of sp³-hybridized carbons (Fsp3) is 0.929. The molecule has 18 heavy (non-hydrogen) atoms. The molecule has 4 nitrogen and oxygen atoms in total. The molecule has 1 aliphatic rings. The van der Waals surface area contributed by atoms with Gasteiger partial charge in [-0.1, -0.05) is 6.42 Å². The zero-order valence-corrected chi connectivity index (χ0v) is 11.7. The number of nitrogens with one attached hydrogen (secondary N) is 1. The van der Waals surface area contributed by atoms with Gasteiger partial charge in [0, 0.05) is 19.5 Å². The lowest BCUT2D eigenvalue weighted by molar-refractivity contribution is -0.143. The third kappa shape index (κ3) is 7.67. The Balaban J connectivity index is 1.77. The first kappa shape index (κ1) is 15.4. The van der Waals surface area contributed by atoms with Crippen LogP contribution in [0.5, 0.6) is 0 Å². The molecule has 1 rings (SSSR count). The highest BCUT2D eigenvalue weighted by Crippen LogP contribution is 2.05. The molecular weight excluding hydrogens is 228 g/mol. The summed E-state index contributed by atoms with van der Waals surface area (Å²) in [6.07, 6.45) is 6.52. The Labute approximate surface area is 111 Å². The largest absolute Gasteiger partial charge is 0.466 e. The van der Waals surface area contributed by atoms with E-state index >= 15 is 0 Å². The molecular formula is C14H28N2O2. The number of hydrogen-bond acceptors (Lipinski definition) is 4. The quantitative estimate of drug-likeness (QED) is 0.478. The van der Waals surface area contributed by atoms with Crippen LogP contribution < -0.4 is 5.32 Å². The van der Waals surface area contributed by atoms with Gasteiger partial charge >= 0.3 is 5.97 Å². The summed E-state index contributed by atoms with van der Waals surface area (Å²) in [5.41, 5.74) is 0. The van der Waals surface area contributed by atoms with Crippen LogP contribution in [0.25, 0.3) is 0 Å². The van der Waals surface area contributed by atoms with E-state index < -0.39 is 0 Å². The number of nitrogens with zero attached hydrogens (tertiary/aromatic N) is 1. The molecule has 0 saturated carbocycles. The van der Waals surface area contributed by atoms with E-state index in [-0.39, 0.29) is 5.97 Å². The molecule has 4 heteroatoms. The van der Waals surface area contributed by atoms with E-state index in [0.717, 1.165) is 32.4 Å². The average molecular weight is 256 g/mol. The Morgan fingerprint density at radius 3 is 2.67 bits per heavy atom. The van der Waals surface area contributed by atoms with Gasteiger partial charge in [0.2, 0.25) is 0 Å². The van der Waals surface area contributed by atoms with Crippen LogP contribution in [0.2, 0.25) is 0 Å². The molecule has 0 spiro atoms. The number of carbonyl (C=O) groups excluding carboxylic acids is 1. The first-order chi connectivity index (χ1) is 8.83. The molecule has 1 aliphatic heterocycles. The molecule has 0 atom stereocenters. The normalized spacial score (nSPS) is 16.1. The van der Waals surface area contributed by atoms with Crippen molar-refractivity contribution in [3.05, 3.63) is 0 Å². The van der Waals surface area contributed by atoms with Gasteiger partial charge in [0.05, 0.1) is 6.61 Å². The predicted molar refractivity (Wildman–Crippen MR) is 73.6 cm³/mol. The van der Waals surface area contributed by atoms with Crippen molar-refractivity contribution in [2.75, 3.05) is 39.3 Å². The molecule has 1 fully saturated rings. The Bertz CT molecular complexity index is 216. The molecule has 0 bridgehead atoms. The average Bonchev–Trinajstić information content (AvgIpc) is 2.86. The second-order valence-electron chi connectivity index (χ2n) is 4.91. The van der Waals surface area contributed by atoms with Gasteiger partial charge in [-0.2, -0.15) is 0 Å². The molecule has 0 amide bonds. The van der Waals surface area contributed by atoms with Crippen LogP contribution in [0.4, 0.5) is 0 Å². The molecule has 1 N–H and O–H groups in total. The third-order valence-electron chi connectivity index (χ3n) is 3.34. The summed E-state index contributed by atoms with van der Waals surface area (Å²) in [4.78, 5) is 13.6. The molecule has 106 valence electrons. The van der Waals surface area contributed by atoms with Crippen molar-refractivity contribution in [2.24, 2.45) is 0 Å². The van der Waals surface area contributed by atoms with Crippen LogP contribution in [0.1, 0.15) is 45.4 Å². The van der Waals surface area contributed by atoms with Gasteiger partial charge in [-0.3, -0.25) is 4.79 Å². The first-order valence-electron chi connectivity index (χ1n) is 7.41. The van der Waals surface area contributed by atoms with Gasteiger partial charge in [0.25, 0.3) is 0 Å². The summed E-state index contributed by atoms with van der Waals surface area (Å²) in [5.74, 6) is -0.0560. The van der Waals surface area contributed by atoms with Gasteiger partial charge in [-0.15, -0.1) is 0 Å². The van der Waals surface area contributed by atoms with Gasteiger partial charge in [0.15, 0.2) is 0 Å². The van der Waals surface area contributed by atoms with Gasteiger partial charge in [-0.05, 0) is 52.2 Å². The highest BCUT2D eigenvalue weighted by Gasteiger charge is 2.09. The summed E-state index contributed by atoms with van der Waals surface area (Å²) in [7, 11) is 0. The van der Waals surface area contributed by atoms with Crippen molar-refractivity contribution < 1.29 is 9.53 Å². The zero-order valence-electron chi connectivity index (χ0n) is 11.7. The molecule has 0 radical (unpaired) electrons. The van der Waals surface area contributed by atoms with Crippen LogP contribution in [-0.2, 0) is 9.53 Å². The standard InChI is InChI=1S/C14H28N2O2/c1-2-18-14(17)8-4-3-5-9-15-10-13-16-11-6-7-12-16/h15H,2-13H2,1H3. The maximum atomic E-state index is 11.1. The van der Waals surface area contributed by atoms with Gasteiger partial charge in [0.1, 0.15) is 0 Å². The lowest BCUT2D eigenvalue weighted by Gasteiger charge is -2.14. The number of esters is 1. The number of unbranched alkanes of at least 4 members (excludes halogenated alkanes) is 2. The van der Waals surface area contributed by atoms with Crippen molar-refractivity contribution in [1.82, 2.24) is 10.2 Å². The summed E-state index contributed by atoms with van der Waals surface area (Å²) in [5, 5.41) is 3.47. The second kappa shape index (κ2) is 10.3. The minimum absolute atomic E-state index is 0.0560. The van der Waals surface area contributed by atoms with Crippen LogP contribution in [-0.4, -0.2) is 50.2 Å². The van der Waals surface area contributed by atoms with Crippen LogP contribution in [0.15, 0.2) is 0 Å². The third-order valence-corrected chi connectivity index (χ3v) is 3.34. The van der Waals surface area contributed by atoms with Crippen molar-refractivity contribution in [1.29, 1.82) is 0 Å². The molecule has 0 aromatic carbocycles. The monoisotopic (exact) mass is 256 g/mol. The molecule has 0 unspecified atom stereocenters. The van der Waals surface area contributed by atoms with Gasteiger partial charge < -0.3 is 15.0 Å². The lowest BCUT2D eigenvalue weighted by Crippen LogP contribution is -2.30. The maximum absolute atomic E-state index is 11.1. The molecule has 1 heterocycles. The van der Waals surface area contributed by atoms with E-state index in [1.165, 1.54) is 32.5 Å². The number of hydrogen-bond donors (Lipinski definition) is 1. The number of likely N-dealkylation sites (tertiary alicyclic amines) is 1. The molecule has 0 aromatic heterocycles. The van der Waals surface area contributed by atoms with E-state index in [4.69, 9.17) is 4.74 Å². The second-order valence-corrected chi connectivity index (χ2v) is 4.91. The van der Waals surface area contributed by atoms with Crippen LogP contribution >= 0.6 is 0 Å². The molecule has 0 aliphatic carbocycles. The fourth-order valence-corrected chi connectivity index (χ4v) is 2.30. The van der Waals surface area contributed by atoms with E-state index in [0.29, 0.717) is 13.0 Å². The Kier molecular flexibility index (Phi) is 8.86. The fourth-order valence-electron chi connectivity index (χ4n) is 2.30. The summed E-state index contributed by atoms with van der Waals surface area (Å²) >= 11 is 0. The number of carbonyl (C=O) groups is 1. The lowest BCUT2D eigenvalue weighted by atomic mass is 10.2. The van der Waals surface area contributed by atoms with E-state index in [1.54, 1.807) is 0 Å². The summed E-state index contributed by atoms with van der Waals surface area (Å²) in [6, 6.07) is 0. The van der Waals surface area contributed by atoms with E-state index in [1.807, 2.05) is 6.92 Å². The minimum Gasteiger partial charge on any atom is -0.466 e. The van der Waals surface area contributed by atoms with Crippen LogP contribution in [0, 0.1) is 0 Å². The van der Waals surface area contributed by atoms with Crippen LogP contribution in [0.3, 0.4) is 0 Å². The zero-order chi connectivity index (χ0) is 13.1. The Morgan fingerprint density at radius 2 is 1.94 bits per heavy atom. The van der Waals surface area contributed by atoms with E-state index in [9.17, 15) is 4.79 Å². The molecule has 1 saturated heterocycles. The SMILES string of the molecule is CCOC(=O)CCCCCNCCN1CCCC1. The van der Waals surface area contributed by atoms with Crippen molar-refractivity contribution >= 4 is 5.97 Å². The number of rotatable bonds is 10. The predicted octanol–water partition coefficient (Wildman–Crippen LogP) is 1.80. The van der Waals surface area contributed by atoms with E-state index in [2.05, 4.69) is 10.2 Å². The maximum Gasteiger partial charge on any atom is 0.305 e. The summed E-state index contributed by atoms with van der Waals surface area (Å²) < 4.78 is 4.88. The van der Waals surface area contributed by atoms with Crippen molar-refractivity contribution in [2.45, 2.75) is 45.4 Å². The van der Waals surface area contributed by atoms with Crippen molar-refractivity contribution in [3.8, 4) is 0 Å². The molecule has 0 aromatic rings. The Hall–Kier alpha value is -0.610. The first-order valence-corrected chi connectivity index (χ1v) is 7.41. The smallest absolute Gasteiger partial charge is 0.305 e. The summed E-state index contributed by atoms with van der Waals surface area (Å²) in [6.45, 7) is 8.25. The minimum atomic E-state index is -0.0560. The number of ether oxygens (including phenoxy) is 1. The van der Waals surface area contributed by atoms with Crippen molar-refractivity contribution in [3.63, 3.8) is 0 Å². The Morgan fingerprint density at radius 1 is 1.17 bits per heavy atom. The topological polar surface area (TPSA) is 41.6 Å². The highest BCUT2D eigenvalue weighted by atomic mass is 16.5. The van der Waals surface area contributed by atoms with Gasteiger partial charge in [-0.25, -0.2) is 0 Å². The highest BCUT2D eigenvalue weighted by molar-refractivity contribution is 5.69.